The summed E-state index contributed by atoms with van der Waals surface area (Å²) in [6.07, 6.45) is 1.15. The van der Waals surface area contributed by atoms with Gasteiger partial charge in [-0.3, -0.25) is 10.1 Å². The Bertz CT molecular complexity index is 311. The van der Waals surface area contributed by atoms with E-state index in [0.717, 1.165) is 13.0 Å². The SMILES string of the molecule is CCC(=O)OC(C)NCCc1ccccc1. The summed E-state index contributed by atoms with van der Waals surface area (Å²) in [6.45, 7) is 4.44. The Balaban J connectivity index is 2.18. The van der Waals surface area contributed by atoms with Crippen LogP contribution in [0.1, 0.15) is 25.8 Å². The molecule has 3 heteroatoms. The Morgan fingerprint density at radius 2 is 2.06 bits per heavy atom. The first-order chi connectivity index (χ1) is 7.72. The molecule has 0 aliphatic heterocycles. The average Bonchev–Trinajstić information content (AvgIpc) is 2.30. The van der Waals surface area contributed by atoms with Crippen molar-refractivity contribution in [1.29, 1.82) is 0 Å². The molecule has 0 saturated heterocycles. The van der Waals surface area contributed by atoms with E-state index in [4.69, 9.17) is 4.74 Å². The van der Waals surface area contributed by atoms with Crippen LogP contribution in [0, 0.1) is 0 Å². The number of carbonyl (C=O) groups is 1. The zero-order chi connectivity index (χ0) is 11.8. The Labute approximate surface area is 96.8 Å². The van der Waals surface area contributed by atoms with Crippen LogP contribution in [-0.2, 0) is 16.0 Å². The van der Waals surface area contributed by atoms with E-state index < -0.39 is 0 Å². The van der Waals surface area contributed by atoms with Crippen LogP contribution >= 0.6 is 0 Å². The van der Waals surface area contributed by atoms with Crippen LogP contribution in [-0.4, -0.2) is 18.7 Å². The molecule has 1 N–H and O–H groups in total. The first-order valence-electron chi connectivity index (χ1n) is 5.69. The molecule has 0 bridgehead atoms. The molecule has 0 radical (unpaired) electrons. The molecule has 0 amide bonds. The smallest absolute Gasteiger partial charge is 0.307 e. The maximum atomic E-state index is 11.0. The van der Waals surface area contributed by atoms with Crippen molar-refractivity contribution in [2.75, 3.05) is 6.54 Å². The van der Waals surface area contributed by atoms with Crippen molar-refractivity contribution in [2.24, 2.45) is 0 Å². The second kappa shape index (κ2) is 7.01. The average molecular weight is 221 g/mol. The van der Waals surface area contributed by atoms with Gasteiger partial charge in [0.15, 0.2) is 6.23 Å². The van der Waals surface area contributed by atoms with Crippen molar-refractivity contribution in [3.63, 3.8) is 0 Å². The first-order valence-corrected chi connectivity index (χ1v) is 5.69. The van der Waals surface area contributed by atoms with E-state index in [1.807, 2.05) is 25.1 Å². The lowest BCUT2D eigenvalue weighted by Gasteiger charge is -2.14. The predicted molar refractivity (Wildman–Crippen MR) is 64.0 cm³/mol. The van der Waals surface area contributed by atoms with E-state index in [2.05, 4.69) is 17.4 Å². The Morgan fingerprint density at radius 1 is 1.38 bits per heavy atom. The van der Waals surface area contributed by atoms with E-state index in [9.17, 15) is 4.79 Å². The molecule has 0 aromatic heterocycles. The first kappa shape index (κ1) is 12.7. The summed E-state index contributed by atoms with van der Waals surface area (Å²) >= 11 is 0. The van der Waals surface area contributed by atoms with Gasteiger partial charge in [0.1, 0.15) is 0 Å². The van der Waals surface area contributed by atoms with Gasteiger partial charge in [-0.15, -0.1) is 0 Å². The third-order valence-electron chi connectivity index (χ3n) is 2.29. The summed E-state index contributed by atoms with van der Waals surface area (Å²) in [5.41, 5.74) is 1.28. The number of hydrogen-bond donors (Lipinski definition) is 1. The highest BCUT2D eigenvalue weighted by molar-refractivity contribution is 5.68. The predicted octanol–water partition coefficient (Wildman–Crippen LogP) is 2.12. The lowest BCUT2D eigenvalue weighted by molar-refractivity contribution is -0.149. The molecule has 1 atom stereocenters. The highest BCUT2D eigenvalue weighted by Gasteiger charge is 2.05. The summed E-state index contributed by atoms with van der Waals surface area (Å²) in [4.78, 5) is 11.0. The molecule has 1 unspecified atom stereocenters. The van der Waals surface area contributed by atoms with Crippen LogP contribution in [0.5, 0.6) is 0 Å². The van der Waals surface area contributed by atoms with Crippen LogP contribution in [0.3, 0.4) is 0 Å². The molecule has 1 rings (SSSR count). The zero-order valence-electron chi connectivity index (χ0n) is 9.90. The van der Waals surface area contributed by atoms with E-state index in [1.54, 1.807) is 6.92 Å². The van der Waals surface area contributed by atoms with Crippen molar-refractivity contribution in [3.8, 4) is 0 Å². The molecule has 1 aromatic carbocycles. The second-order valence-corrected chi connectivity index (χ2v) is 3.68. The maximum Gasteiger partial charge on any atom is 0.307 e. The minimum Gasteiger partial charge on any atom is -0.447 e. The van der Waals surface area contributed by atoms with Gasteiger partial charge in [0.25, 0.3) is 0 Å². The lowest BCUT2D eigenvalue weighted by Crippen LogP contribution is -2.32. The molecule has 16 heavy (non-hydrogen) atoms. The standard InChI is InChI=1S/C13H19NO2/c1-3-13(15)16-11(2)14-10-9-12-7-5-4-6-8-12/h4-8,11,14H,3,9-10H2,1-2H3. The number of esters is 1. The van der Waals surface area contributed by atoms with E-state index >= 15 is 0 Å². The molecule has 0 aliphatic rings. The number of rotatable bonds is 6. The summed E-state index contributed by atoms with van der Waals surface area (Å²) in [6, 6.07) is 10.2. The van der Waals surface area contributed by atoms with Gasteiger partial charge in [0.2, 0.25) is 0 Å². The third kappa shape index (κ3) is 4.94. The van der Waals surface area contributed by atoms with Gasteiger partial charge in [-0.1, -0.05) is 37.3 Å². The maximum absolute atomic E-state index is 11.0. The zero-order valence-corrected chi connectivity index (χ0v) is 9.90. The number of benzene rings is 1. The van der Waals surface area contributed by atoms with Crippen LogP contribution in [0.4, 0.5) is 0 Å². The molecule has 1 aromatic rings. The number of hydrogen-bond acceptors (Lipinski definition) is 3. The summed E-state index contributed by atoms with van der Waals surface area (Å²) in [7, 11) is 0. The van der Waals surface area contributed by atoms with Crippen LogP contribution in [0.25, 0.3) is 0 Å². The van der Waals surface area contributed by atoms with Crippen LogP contribution in [0.15, 0.2) is 30.3 Å². The number of nitrogens with one attached hydrogen (secondary N) is 1. The van der Waals surface area contributed by atoms with Gasteiger partial charge >= 0.3 is 5.97 Å². The monoisotopic (exact) mass is 221 g/mol. The van der Waals surface area contributed by atoms with Gasteiger partial charge in [-0.25, -0.2) is 0 Å². The summed E-state index contributed by atoms with van der Waals surface area (Å²) in [5, 5.41) is 3.15. The molecule has 0 fully saturated rings. The van der Waals surface area contributed by atoms with Gasteiger partial charge in [-0.05, 0) is 18.9 Å². The second-order valence-electron chi connectivity index (χ2n) is 3.68. The highest BCUT2D eigenvalue weighted by Crippen LogP contribution is 1.99. The minimum atomic E-state index is -0.212. The quantitative estimate of drug-likeness (QED) is 0.590. The van der Waals surface area contributed by atoms with Crippen molar-refractivity contribution in [2.45, 2.75) is 32.9 Å². The Morgan fingerprint density at radius 3 is 2.69 bits per heavy atom. The summed E-state index contributed by atoms with van der Waals surface area (Å²) < 4.78 is 5.09. The van der Waals surface area contributed by atoms with E-state index in [-0.39, 0.29) is 12.2 Å². The van der Waals surface area contributed by atoms with Gasteiger partial charge < -0.3 is 4.74 Å². The van der Waals surface area contributed by atoms with Crippen molar-refractivity contribution < 1.29 is 9.53 Å². The fourth-order valence-corrected chi connectivity index (χ4v) is 1.39. The van der Waals surface area contributed by atoms with E-state index in [0.29, 0.717) is 6.42 Å². The van der Waals surface area contributed by atoms with Gasteiger partial charge in [-0.2, -0.15) is 0 Å². The van der Waals surface area contributed by atoms with Crippen LogP contribution < -0.4 is 5.32 Å². The molecule has 0 aliphatic carbocycles. The number of carbonyl (C=O) groups excluding carboxylic acids is 1. The molecule has 88 valence electrons. The topological polar surface area (TPSA) is 38.3 Å². The lowest BCUT2D eigenvalue weighted by atomic mass is 10.1. The Kier molecular flexibility index (Phi) is 5.57. The third-order valence-corrected chi connectivity index (χ3v) is 2.29. The van der Waals surface area contributed by atoms with Crippen LogP contribution in [0.2, 0.25) is 0 Å². The molecular weight excluding hydrogens is 202 g/mol. The highest BCUT2D eigenvalue weighted by atomic mass is 16.6. The summed E-state index contributed by atoms with van der Waals surface area (Å²) in [5.74, 6) is -0.167. The van der Waals surface area contributed by atoms with Gasteiger partial charge in [0.05, 0.1) is 0 Å². The van der Waals surface area contributed by atoms with Crippen molar-refractivity contribution in [3.05, 3.63) is 35.9 Å². The minimum absolute atomic E-state index is 0.167. The normalized spacial score (nSPS) is 12.1. The molecule has 0 heterocycles. The molecular formula is C13H19NO2. The number of ether oxygens (including phenoxy) is 1. The van der Waals surface area contributed by atoms with Crippen molar-refractivity contribution in [1.82, 2.24) is 5.32 Å². The fraction of sp³-hybridized carbons (Fsp3) is 0.462. The molecule has 0 spiro atoms. The molecule has 3 nitrogen and oxygen atoms in total. The van der Waals surface area contributed by atoms with E-state index in [1.165, 1.54) is 5.56 Å². The Hall–Kier alpha value is -1.35. The van der Waals surface area contributed by atoms with Gasteiger partial charge in [0, 0.05) is 13.0 Å². The fourth-order valence-electron chi connectivity index (χ4n) is 1.39. The molecule has 0 saturated carbocycles. The largest absolute Gasteiger partial charge is 0.447 e. The van der Waals surface area contributed by atoms with Crippen molar-refractivity contribution >= 4 is 5.97 Å².